The summed E-state index contributed by atoms with van der Waals surface area (Å²) in [6, 6.07) is 8.67. The van der Waals surface area contributed by atoms with E-state index in [9.17, 15) is 18.0 Å². The maximum atomic E-state index is 12.8. The molecule has 0 radical (unpaired) electrons. The van der Waals surface area contributed by atoms with Crippen LogP contribution in [0.4, 0.5) is 13.2 Å². The molecule has 2 heterocycles. The molecule has 1 N–H and O–H groups in total. The number of nitrogens with zero attached hydrogens (tertiary/aromatic N) is 2. The molecule has 0 aliphatic rings. The van der Waals surface area contributed by atoms with E-state index < -0.39 is 17.7 Å². The fraction of sp³-hybridized carbons (Fsp3) is 0.227. The van der Waals surface area contributed by atoms with E-state index in [2.05, 4.69) is 9.97 Å². The molecule has 32 heavy (non-hydrogen) atoms. The minimum absolute atomic E-state index is 0.151. The zero-order valence-electron chi connectivity index (χ0n) is 17.0. The van der Waals surface area contributed by atoms with Crippen molar-refractivity contribution < 1.29 is 27.8 Å². The summed E-state index contributed by atoms with van der Waals surface area (Å²) in [6.45, 7) is 3.96. The lowest BCUT2D eigenvalue weighted by Gasteiger charge is -2.07. The predicted molar refractivity (Wildman–Crippen MR) is 117 cm³/mol. The van der Waals surface area contributed by atoms with Crippen molar-refractivity contribution in [2.75, 3.05) is 0 Å². The SMILES string of the molecule is Cc1cc(OCc2sc(-c3ccc(C(F)(F)F)cc3)nc2C)c2sc(CC(=O)O)nc2c1. The monoisotopic (exact) mass is 478 g/mol. The van der Waals surface area contributed by atoms with Crippen molar-refractivity contribution in [2.24, 2.45) is 0 Å². The fourth-order valence-corrected chi connectivity index (χ4v) is 5.11. The summed E-state index contributed by atoms with van der Waals surface area (Å²) in [5.74, 6) is -0.336. The van der Waals surface area contributed by atoms with Crippen LogP contribution >= 0.6 is 22.7 Å². The maximum absolute atomic E-state index is 12.8. The molecule has 0 aliphatic carbocycles. The van der Waals surface area contributed by atoms with Crippen LogP contribution in [0.3, 0.4) is 0 Å². The topological polar surface area (TPSA) is 72.3 Å². The maximum Gasteiger partial charge on any atom is 0.416 e. The van der Waals surface area contributed by atoms with Gasteiger partial charge in [0, 0.05) is 5.56 Å². The summed E-state index contributed by atoms with van der Waals surface area (Å²) in [5.41, 5.74) is 2.27. The van der Waals surface area contributed by atoms with Crippen LogP contribution in [0.1, 0.15) is 26.7 Å². The fourth-order valence-electron chi connectivity index (χ4n) is 3.12. The van der Waals surface area contributed by atoms with Crippen molar-refractivity contribution in [1.82, 2.24) is 9.97 Å². The van der Waals surface area contributed by atoms with Gasteiger partial charge in [0.25, 0.3) is 0 Å². The highest BCUT2D eigenvalue weighted by Crippen LogP contribution is 2.36. The number of rotatable bonds is 6. The number of ether oxygens (including phenoxy) is 1. The highest BCUT2D eigenvalue weighted by Gasteiger charge is 2.30. The van der Waals surface area contributed by atoms with E-state index in [1.54, 1.807) is 0 Å². The average Bonchev–Trinajstić information content (AvgIpc) is 3.27. The van der Waals surface area contributed by atoms with E-state index in [0.717, 1.165) is 33.0 Å². The Bertz CT molecular complexity index is 1290. The van der Waals surface area contributed by atoms with E-state index in [4.69, 9.17) is 9.84 Å². The van der Waals surface area contributed by atoms with Gasteiger partial charge in [-0.25, -0.2) is 9.97 Å². The third kappa shape index (κ3) is 4.76. The van der Waals surface area contributed by atoms with Gasteiger partial charge in [0.05, 0.1) is 32.8 Å². The normalized spacial score (nSPS) is 11.8. The molecule has 5 nitrogen and oxygen atoms in total. The number of aromatic nitrogens is 2. The lowest BCUT2D eigenvalue weighted by atomic mass is 10.1. The minimum Gasteiger partial charge on any atom is -0.486 e. The van der Waals surface area contributed by atoms with Gasteiger partial charge in [-0.3, -0.25) is 4.79 Å². The zero-order chi connectivity index (χ0) is 23.0. The molecule has 2 aromatic heterocycles. The van der Waals surface area contributed by atoms with Crippen molar-refractivity contribution in [3.05, 3.63) is 63.1 Å². The second-order valence-electron chi connectivity index (χ2n) is 7.18. The Kier molecular flexibility index (Phi) is 5.91. The summed E-state index contributed by atoms with van der Waals surface area (Å²) in [7, 11) is 0. The Morgan fingerprint density at radius 2 is 1.81 bits per heavy atom. The highest BCUT2D eigenvalue weighted by molar-refractivity contribution is 7.19. The molecule has 4 rings (SSSR count). The standard InChI is InChI=1S/C22H17F3N2O3S2/c1-11-7-15-20(32-18(27-15)9-19(28)29)16(8-11)30-10-17-12(2)26-21(31-17)13-3-5-14(6-4-13)22(23,24)25/h3-8H,9-10H2,1-2H3,(H,28,29). The molecule has 10 heteroatoms. The van der Waals surface area contributed by atoms with Crippen LogP contribution in [0, 0.1) is 13.8 Å². The lowest BCUT2D eigenvalue weighted by molar-refractivity contribution is -0.138. The van der Waals surface area contributed by atoms with Crippen molar-refractivity contribution in [2.45, 2.75) is 33.1 Å². The van der Waals surface area contributed by atoms with Gasteiger partial charge in [-0.2, -0.15) is 13.2 Å². The molecule has 0 atom stereocenters. The zero-order valence-corrected chi connectivity index (χ0v) is 18.6. The van der Waals surface area contributed by atoms with Gasteiger partial charge in [-0.05, 0) is 43.7 Å². The van der Waals surface area contributed by atoms with Crippen molar-refractivity contribution in [3.8, 4) is 16.3 Å². The van der Waals surface area contributed by atoms with Crippen LogP contribution in [-0.2, 0) is 24.0 Å². The number of hydrogen-bond donors (Lipinski definition) is 1. The van der Waals surface area contributed by atoms with Crippen LogP contribution in [0.2, 0.25) is 0 Å². The first-order valence-electron chi connectivity index (χ1n) is 9.49. The molecule has 0 aliphatic heterocycles. The number of aryl methyl sites for hydroxylation is 2. The molecule has 0 spiro atoms. The lowest BCUT2D eigenvalue weighted by Crippen LogP contribution is -2.03. The number of fused-ring (bicyclic) bond motifs is 1. The Morgan fingerprint density at radius 1 is 1.09 bits per heavy atom. The molecule has 0 bridgehead atoms. The van der Waals surface area contributed by atoms with Gasteiger partial charge in [0.15, 0.2) is 0 Å². The third-order valence-corrected chi connectivity index (χ3v) is 6.92. The van der Waals surface area contributed by atoms with Crippen LogP contribution in [0.25, 0.3) is 20.8 Å². The molecular weight excluding hydrogens is 461 g/mol. The number of carbonyl (C=O) groups is 1. The second kappa shape index (κ2) is 8.51. The predicted octanol–water partition coefficient (Wildman–Crippen LogP) is 6.26. The molecular formula is C22H17F3N2O3S2. The van der Waals surface area contributed by atoms with Crippen molar-refractivity contribution >= 4 is 38.9 Å². The first kappa shape index (κ1) is 22.2. The van der Waals surface area contributed by atoms with Gasteiger partial charge in [-0.15, -0.1) is 22.7 Å². The van der Waals surface area contributed by atoms with Gasteiger partial charge in [-0.1, -0.05) is 12.1 Å². The molecule has 0 saturated carbocycles. The number of aliphatic carboxylic acids is 1. The Hall–Kier alpha value is -2.98. The molecule has 0 unspecified atom stereocenters. The minimum atomic E-state index is -4.38. The van der Waals surface area contributed by atoms with Crippen LogP contribution in [-0.4, -0.2) is 21.0 Å². The quantitative estimate of drug-likeness (QED) is 0.354. The summed E-state index contributed by atoms with van der Waals surface area (Å²) in [6.07, 6.45) is -4.53. The summed E-state index contributed by atoms with van der Waals surface area (Å²) < 4.78 is 45.2. The number of thiazole rings is 2. The smallest absolute Gasteiger partial charge is 0.416 e. The second-order valence-corrected chi connectivity index (χ2v) is 9.35. The molecule has 0 saturated heterocycles. The molecule has 0 amide bonds. The number of carboxylic acids is 1. The van der Waals surface area contributed by atoms with Crippen molar-refractivity contribution in [3.63, 3.8) is 0 Å². The van der Waals surface area contributed by atoms with Crippen molar-refractivity contribution in [1.29, 1.82) is 0 Å². The summed E-state index contributed by atoms with van der Waals surface area (Å²) in [4.78, 5) is 20.7. The first-order valence-corrected chi connectivity index (χ1v) is 11.1. The molecule has 4 aromatic rings. The van der Waals surface area contributed by atoms with E-state index in [-0.39, 0.29) is 13.0 Å². The number of alkyl halides is 3. The molecule has 166 valence electrons. The highest BCUT2D eigenvalue weighted by atomic mass is 32.1. The van der Waals surface area contributed by atoms with E-state index in [1.807, 2.05) is 26.0 Å². The van der Waals surface area contributed by atoms with Gasteiger partial charge in [0.1, 0.15) is 22.4 Å². The third-order valence-electron chi connectivity index (χ3n) is 4.66. The average molecular weight is 479 g/mol. The van der Waals surface area contributed by atoms with Gasteiger partial charge < -0.3 is 9.84 Å². The van der Waals surface area contributed by atoms with E-state index in [0.29, 0.717) is 26.8 Å². The van der Waals surface area contributed by atoms with E-state index in [1.165, 1.54) is 34.8 Å². The van der Waals surface area contributed by atoms with Crippen LogP contribution in [0.5, 0.6) is 5.75 Å². The Morgan fingerprint density at radius 3 is 2.47 bits per heavy atom. The number of benzene rings is 2. The summed E-state index contributed by atoms with van der Waals surface area (Å²) >= 11 is 2.65. The van der Waals surface area contributed by atoms with Crippen LogP contribution in [0.15, 0.2) is 36.4 Å². The number of hydrogen-bond acceptors (Lipinski definition) is 6. The Balaban J connectivity index is 1.56. The summed E-state index contributed by atoms with van der Waals surface area (Å²) in [5, 5.41) is 10.1. The molecule has 0 fully saturated rings. The first-order chi connectivity index (χ1) is 15.1. The van der Waals surface area contributed by atoms with Crippen LogP contribution < -0.4 is 4.74 Å². The number of carboxylic acid groups (broad SMARTS) is 1. The largest absolute Gasteiger partial charge is 0.486 e. The van der Waals surface area contributed by atoms with E-state index >= 15 is 0 Å². The van der Waals surface area contributed by atoms with Gasteiger partial charge >= 0.3 is 12.1 Å². The Labute approximate surface area is 189 Å². The number of halogens is 3. The molecule has 2 aromatic carbocycles. The van der Waals surface area contributed by atoms with Gasteiger partial charge in [0.2, 0.25) is 0 Å².